The maximum absolute atomic E-state index is 12.5. The molecule has 0 atom stereocenters. The summed E-state index contributed by atoms with van der Waals surface area (Å²) in [7, 11) is 0. The molecule has 0 bridgehead atoms. The van der Waals surface area contributed by atoms with Crippen molar-refractivity contribution in [3.63, 3.8) is 0 Å². The fraction of sp³-hybridized carbons (Fsp3) is 0.545. The van der Waals surface area contributed by atoms with Crippen LogP contribution in [0.5, 0.6) is 0 Å². The topological polar surface area (TPSA) is 80.1 Å². The molecular weight excluding hydrogens is 398 g/mol. The Kier molecular flexibility index (Phi) is 7.53. The van der Waals surface area contributed by atoms with Crippen LogP contribution in [-0.4, -0.2) is 43.8 Å². The van der Waals surface area contributed by atoms with Crippen LogP contribution in [0.2, 0.25) is 0 Å². The molecule has 3 rings (SSSR count). The van der Waals surface area contributed by atoms with Gasteiger partial charge in [-0.1, -0.05) is 35.9 Å². The first kappa shape index (κ1) is 22.3. The van der Waals surface area contributed by atoms with Crippen LogP contribution in [0, 0.1) is 20.8 Å². The van der Waals surface area contributed by atoms with Crippen LogP contribution in [-0.2, 0) is 22.7 Å². The molecule has 1 aliphatic rings. The molecule has 162 valence electrons. The van der Waals surface area contributed by atoms with Gasteiger partial charge in [-0.3, -0.25) is 9.59 Å². The second kappa shape index (κ2) is 10.1. The predicted molar refractivity (Wildman–Crippen MR) is 120 cm³/mol. The number of amides is 2. The zero-order valence-electron chi connectivity index (χ0n) is 18.3. The highest BCUT2D eigenvalue weighted by Gasteiger charge is 2.21. The fourth-order valence-corrected chi connectivity index (χ4v) is 4.74. The van der Waals surface area contributed by atoms with Gasteiger partial charge in [0.1, 0.15) is 0 Å². The van der Waals surface area contributed by atoms with E-state index >= 15 is 0 Å². The summed E-state index contributed by atoms with van der Waals surface area (Å²) < 4.78 is 2.00. The first-order valence-corrected chi connectivity index (χ1v) is 11.6. The molecule has 30 heavy (non-hydrogen) atoms. The van der Waals surface area contributed by atoms with E-state index in [1.165, 1.54) is 17.3 Å². The molecule has 2 aromatic rings. The average Bonchev–Trinajstić information content (AvgIpc) is 2.97. The Labute approximate surface area is 182 Å². The van der Waals surface area contributed by atoms with Crippen LogP contribution >= 0.6 is 11.8 Å². The van der Waals surface area contributed by atoms with E-state index in [0.29, 0.717) is 24.7 Å². The number of anilines is 1. The molecule has 1 N–H and O–H groups in total. The maximum Gasteiger partial charge on any atom is 0.234 e. The highest BCUT2D eigenvalue weighted by atomic mass is 32.2. The van der Waals surface area contributed by atoms with Crippen molar-refractivity contribution in [2.45, 2.75) is 71.6 Å². The number of aromatic nitrogens is 3. The summed E-state index contributed by atoms with van der Waals surface area (Å²) in [5.41, 5.74) is 4.19. The van der Waals surface area contributed by atoms with Crippen molar-refractivity contribution >= 4 is 29.3 Å². The van der Waals surface area contributed by atoms with Crippen molar-refractivity contribution in [3.05, 3.63) is 34.6 Å². The molecular formula is C22H31N5O2S. The van der Waals surface area contributed by atoms with Crippen LogP contribution in [0.3, 0.4) is 0 Å². The van der Waals surface area contributed by atoms with Gasteiger partial charge < -0.3 is 14.8 Å². The van der Waals surface area contributed by atoms with E-state index in [1.807, 2.05) is 30.2 Å². The third-order valence-electron chi connectivity index (χ3n) is 5.39. The number of nitrogens with zero attached hydrogens (tertiary/aromatic N) is 4. The SMILES string of the molecule is CCn1c(CN2CCCCCC2=O)nnc1SCC(=O)Nc1c(C)cc(C)cc1C. The van der Waals surface area contributed by atoms with E-state index < -0.39 is 0 Å². The van der Waals surface area contributed by atoms with Crippen molar-refractivity contribution in [2.24, 2.45) is 0 Å². The summed E-state index contributed by atoms with van der Waals surface area (Å²) >= 11 is 1.38. The second-order valence-corrected chi connectivity index (χ2v) is 8.82. The maximum atomic E-state index is 12.5. The number of carbonyl (C=O) groups is 2. The van der Waals surface area contributed by atoms with Crippen LogP contribution in [0.1, 0.15) is 55.1 Å². The van der Waals surface area contributed by atoms with E-state index in [0.717, 1.165) is 48.4 Å². The molecule has 2 heterocycles. The molecule has 0 saturated carbocycles. The summed E-state index contributed by atoms with van der Waals surface area (Å²) in [4.78, 5) is 26.7. The Morgan fingerprint density at radius 1 is 1.13 bits per heavy atom. The summed E-state index contributed by atoms with van der Waals surface area (Å²) in [6.07, 6.45) is 3.70. The number of carbonyl (C=O) groups excluding carboxylic acids is 2. The smallest absolute Gasteiger partial charge is 0.234 e. The van der Waals surface area contributed by atoms with Crippen molar-refractivity contribution in [1.29, 1.82) is 0 Å². The van der Waals surface area contributed by atoms with Gasteiger partial charge in [0.2, 0.25) is 11.8 Å². The van der Waals surface area contributed by atoms with Crippen molar-refractivity contribution < 1.29 is 9.59 Å². The standard InChI is InChI=1S/C22H31N5O2S/c1-5-27-18(13-26-10-8-6-7-9-20(26)29)24-25-22(27)30-14-19(28)23-21-16(3)11-15(2)12-17(21)4/h11-12H,5-10,13-14H2,1-4H3,(H,23,28). The van der Waals surface area contributed by atoms with Crippen LogP contribution in [0.25, 0.3) is 0 Å². The van der Waals surface area contributed by atoms with Gasteiger partial charge in [-0.25, -0.2) is 0 Å². The molecule has 1 saturated heterocycles. The molecule has 1 aromatic carbocycles. The number of likely N-dealkylation sites (tertiary alicyclic amines) is 1. The molecule has 1 aliphatic heterocycles. The van der Waals surface area contributed by atoms with Gasteiger partial charge in [-0.15, -0.1) is 10.2 Å². The number of rotatable bonds is 7. The summed E-state index contributed by atoms with van der Waals surface area (Å²) in [6, 6.07) is 4.14. The first-order valence-electron chi connectivity index (χ1n) is 10.6. The minimum atomic E-state index is -0.0649. The normalized spacial score (nSPS) is 14.7. The summed E-state index contributed by atoms with van der Waals surface area (Å²) in [5, 5.41) is 12.3. The minimum Gasteiger partial charge on any atom is -0.335 e. The minimum absolute atomic E-state index is 0.0649. The van der Waals surface area contributed by atoms with Gasteiger partial charge >= 0.3 is 0 Å². The lowest BCUT2D eigenvalue weighted by Gasteiger charge is -2.20. The van der Waals surface area contributed by atoms with Crippen LogP contribution in [0.15, 0.2) is 17.3 Å². The van der Waals surface area contributed by atoms with Gasteiger partial charge in [0.15, 0.2) is 11.0 Å². The molecule has 1 fully saturated rings. The molecule has 0 aliphatic carbocycles. The number of hydrogen-bond acceptors (Lipinski definition) is 5. The van der Waals surface area contributed by atoms with E-state index in [2.05, 4.69) is 34.6 Å². The second-order valence-electron chi connectivity index (χ2n) is 7.88. The van der Waals surface area contributed by atoms with Crippen molar-refractivity contribution in [3.8, 4) is 0 Å². The number of benzene rings is 1. The Balaban J connectivity index is 1.63. The van der Waals surface area contributed by atoms with Gasteiger partial charge in [0, 0.05) is 25.2 Å². The zero-order chi connectivity index (χ0) is 21.7. The Bertz CT molecular complexity index is 901. The Hall–Kier alpha value is -2.35. The van der Waals surface area contributed by atoms with Gasteiger partial charge in [-0.2, -0.15) is 0 Å². The molecule has 0 spiro atoms. The van der Waals surface area contributed by atoms with E-state index in [1.54, 1.807) is 0 Å². The Morgan fingerprint density at radius 3 is 2.57 bits per heavy atom. The fourth-order valence-electron chi connectivity index (χ4n) is 3.92. The lowest BCUT2D eigenvalue weighted by Crippen LogP contribution is -2.31. The number of thioether (sulfide) groups is 1. The molecule has 7 nitrogen and oxygen atoms in total. The first-order chi connectivity index (χ1) is 14.4. The average molecular weight is 430 g/mol. The highest BCUT2D eigenvalue weighted by Crippen LogP contribution is 2.24. The van der Waals surface area contributed by atoms with Crippen molar-refractivity contribution in [2.75, 3.05) is 17.6 Å². The molecule has 1 aromatic heterocycles. The van der Waals surface area contributed by atoms with Crippen molar-refractivity contribution in [1.82, 2.24) is 19.7 Å². The molecule has 2 amide bonds. The summed E-state index contributed by atoms with van der Waals surface area (Å²) in [5.74, 6) is 1.16. The monoisotopic (exact) mass is 429 g/mol. The van der Waals surface area contributed by atoms with E-state index in [4.69, 9.17) is 0 Å². The van der Waals surface area contributed by atoms with Gasteiger partial charge in [0.25, 0.3) is 0 Å². The Morgan fingerprint density at radius 2 is 1.87 bits per heavy atom. The molecule has 8 heteroatoms. The predicted octanol–water partition coefficient (Wildman–Crippen LogP) is 3.86. The third-order valence-corrected chi connectivity index (χ3v) is 6.35. The lowest BCUT2D eigenvalue weighted by atomic mass is 10.1. The zero-order valence-corrected chi connectivity index (χ0v) is 19.1. The van der Waals surface area contributed by atoms with Gasteiger partial charge in [-0.05, 0) is 51.7 Å². The number of aryl methyl sites for hydroxylation is 3. The number of nitrogens with one attached hydrogen (secondary N) is 1. The van der Waals surface area contributed by atoms with Crippen LogP contribution < -0.4 is 5.32 Å². The molecule has 0 radical (unpaired) electrons. The highest BCUT2D eigenvalue weighted by molar-refractivity contribution is 7.99. The third kappa shape index (κ3) is 5.41. The quantitative estimate of drug-likeness (QED) is 0.676. The lowest BCUT2D eigenvalue weighted by molar-refractivity contribution is -0.131. The largest absolute Gasteiger partial charge is 0.335 e. The van der Waals surface area contributed by atoms with E-state index in [-0.39, 0.29) is 17.6 Å². The number of hydrogen-bond donors (Lipinski definition) is 1. The summed E-state index contributed by atoms with van der Waals surface area (Å²) in [6.45, 7) is 10.0. The van der Waals surface area contributed by atoms with Crippen LogP contribution in [0.4, 0.5) is 5.69 Å². The van der Waals surface area contributed by atoms with E-state index in [9.17, 15) is 9.59 Å². The molecule has 0 unspecified atom stereocenters. The van der Waals surface area contributed by atoms with Gasteiger partial charge in [0.05, 0.1) is 12.3 Å².